The third-order valence-corrected chi connectivity index (χ3v) is 5.51. The standard InChI is InChI=1S/C25H41NO3/c1-5-7-9-11-13-15-24(27)23(14-12-10-8-6-2)25(28)26(3)20-21-16-18-22(29-4)19-17-21/h16-19,23H,5-15,20H2,1-4H3. The van der Waals surface area contributed by atoms with Gasteiger partial charge in [0, 0.05) is 20.0 Å². The van der Waals surface area contributed by atoms with Gasteiger partial charge in [0.1, 0.15) is 11.5 Å². The second-order valence-corrected chi connectivity index (χ2v) is 8.07. The Kier molecular flexibility index (Phi) is 13.1. The van der Waals surface area contributed by atoms with Crippen molar-refractivity contribution in [1.29, 1.82) is 0 Å². The van der Waals surface area contributed by atoms with Crippen molar-refractivity contribution >= 4 is 11.7 Å². The first-order chi connectivity index (χ1) is 14.0. The van der Waals surface area contributed by atoms with Crippen LogP contribution in [-0.2, 0) is 16.1 Å². The third-order valence-electron chi connectivity index (χ3n) is 5.51. The van der Waals surface area contributed by atoms with Crippen LogP contribution >= 0.6 is 0 Å². The van der Waals surface area contributed by atoms with Gasteiger partial charge in [0.05, 0.1) is 13.0 Å². The van der Waals surface area contributed by atoms with Crippen LogP contribution in [0.1, 0.15) is 90.0 Å². The van der Waals surface area contributed by atoms with Crippen LogP contribution in [0.2, 0.25) is 0 Å². The molecular weight excluding hydrogens is 362 g/mol. The van der Waals surface area contributed by atoms with E-state index in [9.17, 15) is 9.59 Å². The molecule has 1 amide bonds. The number of Topliss-reactive ketones (excluding diaryl/α,β-unsaturated/α-hetero) is 1. The van der Waals surface area contributed by atoms with Gasteiger partial charge in [-0.25, -0.2) is 0 Å². The highest BCUT2D eigenvalue weighted by molar-refractivity contribution is 6.01. The zero-order chi connectivity index (χ0) is 21.5. The molecule has 0 bridgehead atoms. The molecule has 1 atom stereocenters. The number of hydrogen-bond acceptors (Lipinski definition) is 3. The molecule has 4 heteroatoms. The first-order valence-corrected chi connectivity index (χ1v) is 11.4. The van der Waals surface area contributed by atoms with E-state index in [4.69, 9.17) is 4.74 Å². The van der Waals surface area contributed by atoms with Gasteiger partial charge in [-0.1, -0.05) is 77.3 Å². The molecule has 1 rings (SSSR count). The average Bonchev–Trinajstić information content (AvgIpc) is 2.73. The van der Waals surface area contributed by atoms with Crippen molar-refractivity contribution in [2.75, 3.05) is 14.2 Å². The van der Waals surface area contributed by atoms with E-state index in [1.54, 1.807) is 19.1 Å². The van der Waals surface area contributed by atoms with Crippen molar-refractivity contribution in [3.63, 3.8) is 0 Å². The second-order valence-electron chi connectivity index (χ2n) is 8.07. The number of ether oxygens (including phenoxy) is 1. The van der Waals surface area contributed by atoms with Crippen molar-refractivity contribution in [1.82, 2.24) is 4.90 Å². The number of rotatable bonds is 16. The summed E-state index contributed by atoms with van der Waals surface area (Å²) >= 11 is 0. The zero-order valence-electron chi connectivity index (χ0n) is 19.0. The SMILES string of the molecule is CCCCCCCC(=O)C(CCCCCC)C(=O)N(C)Cc1ccc(OC)cc1. The fourth-order valence-corrected chi connectivity index (χ4v) is 3.62. The van der Waals surface area contributed by atoms with Gasteiger partial charge in [-0.15, -0.1) is 0 Å². The van der Waals surface area contributed by atoms with E-state index < -0.39 is 5.92 Å². The number of ketones is 1. The Hall–Kier alpha value is -1.84. The average molecular weight is 404 g/mol. The Labute approximate surface area is 178 Å². The molecule has 164 valence electrons. The summed E-state index contributed by atoms with van der Waals surface area (Å²) in [6.07, 6.45) is 11.1. The molecule has 0 spiro atoms. The van der Waals surface area contributed by atoms with Gasteiger partial charge >= 0.3 is 0 Å². The lowest BCUT2D eigenvalue weighted by Gasteiger charge is -2.23. The van der Waals surface area contributed by atoms with Crippen LogP contribution < -0.4 is 4.74 Å². The summed E-state index contributed by atoms with van der Waals surface area (Å²) in [5.41, 5.74) is 1.04. The first-order valence-electron chi connectivity index (χ1n) is 11.4. The summed E-state index contributed by atoms with van der Waals surface area (Å²) in [5, 5.41) is 0. The van der Waals surface area contributed by atoms with E-state index in [-0.39, 0.29) is 11.7 Å². The van der Waals surface area contributed by atoms with E-state index >= 15 is 0 Å². The maximum Gasteiger partial charge on any atom is 0.233 e. The predicted molar refractivity (Wildman–Crippen MR) is 120 cm³/mol. The quantitative estimate of drug-likeness (QED) is 0.245. The molecule has 0 fully saturated rings. The van der Waals surface area contributed by atoms with E-state index in [0.29, 0.717) is 19.4 Å². The molecule has 0 radical (unpaired) electrons. The summed E-state index contributed by atoms with van der Waals surface area (Å²) in [4.78, 5) is 27.7. The zero-order valence-corrected chi connectivity index (χ0v) is 19.0. The fourth-order valence-electron chi connectivity index (χ4n) is 3.62. The van der Waals surface area contributed by atoms with Gasteiger partial charge in [0.2, 0.25) is 5.91 Å². The number of unbranched alkanes of at least 4 members (excludes halogenated alkanes) is 7. The van der Waals surface area contributed by atoms with E-state index in [1.807, 2.05) is 24.3 Å². The molecule has 0 N–H and O–H groups in total. The smallest absolute Gasteiger partial charge is 0.233 e. The van der Waals surface area contributed by atoms with Crippen molar-refractivity contribution in [2.24, 2.45) is 5.92 Å². The summed E-state index contributed by atoms with van der Waals surface area (Å²) < 4.78 is 5.19. The minimum absolute atomic E-state index is 0.0316. The molecule has 0 aliphatic carbocycles. The number of hydrogen-bond donors (Lipinski definition) is 0. The van der Waals surface area contributed by atoms with Crippen LogP contribution in [0.3, 0.4) is 0 Å². The normalized spacial score (nSPS) is 11.9. The number of nitrogens with zero attached hydrogens (tertiary/aromatic N) is 1. The highest BCUT2D eigenvalue weighted by atomic mass is 16.5. The fraction of sp³-hybridized carbons (Fsp3) is 0.680. The first kappa shape index (κ1) is 25.2. The second kappa shape index (κ2) is 15.1. The third kappa shape index (κ3) is 9.96. The summed E-state index contributed by atoms with van der Waals surface area (Å²) in [6.45, 7) is 4.87. The minimum atomic E-state index is -0.485. The Balaban J connectivity index is 2.66. The van der Waals surface area contributed by atoms with Crippen LogP contribution in [0.25, 0.3) is 0 Å². The molecule has 0 aliphatic heterocycles. The molecule has 0 aromatic heterocycles. The number of methoxy groups -OCH3 is 1. The van der Waals surface area contributed by atoms with Crippen molar-refractivity contribution < 1.29 is 14.3 Å². The van der Waals surface area contributed by atoms with Crippen LogP contribution in [0.4, 0.5) is 0 Å². The Bertz CT molecular complexity index is 582. The number of carbonyl (C=O) groups excluding carboxylic acids is 2. The molecule has 0 saturated heterocycles. The predicted octanol–water partition coefficient (Wildman–Crippen LogP) is 6.17. The largest absolute Gasteiger partial charge is 0.497 e. The van der Waals surface area contributed by atoms with Crippen LogP contribution in [0.5, 0.6) is 5.75 Å². The molecule has 1 aromatic carbocycles. The molecule has 0 heterocycles. The van der Waals surface area contributed by atoms with Gasteiger partial charge in [0.25, 0.3) is 0 Å². The lowest BCUT2D eigenvalue weighted by atomic mass is 9.91. The molecule has 1 unspecified atom stereocenters. The summed E-state index contributed by atoms with van der Waals surface area (Å²) in [7, 11) is 3.45. The minimum Gasteiger partial charge on any atom is -0.497 e. The van der Waals surface area contributed by atoms with E-state index in [2.05, 4.69) is 13.8 Å². The van der Waals surface area contributed by atoms with Gasteiger partial charge in [-0.05, 0) is 30.5 Å². The van der Waals surface area contributed by atoms with E-state index in [0.717, 1.165) is 49.8 Å². The van der Waals surface area contributed by atoms with Crippen LogP contribution in [0, 0.1) is 5.92 Å². The van der Waals surface area contributed by atoms with Gasteiger partial charge in [-0.3, -0.25) is 9.59 Å². The van der Waals surface area contributed by atoms with Gasteiger partial charge < -0.3 is 9.64 Å². The maximum absolute atomic E-state index is 13.1. The molecule has 29 heavy (non-hydrogen) atoms. The number of amides is 1. The Morgan fingerprint density at radius 1 is 0.897 bits per heavy atom. The van der Waals surface area contributed by atoms with Gasteiger partial charge in [0.15, 0.2) is 0 Å². The van der Waals surface area contributed by atoms with E-state index in [1.165, 1.54) is 19.3 Å². The van der Waals surface area contributed by atoms with Crippen LogP contribution in [-0.4, -0.2) is 30.7 Å². The van der Waals surface area contributed by atoms with Crippen molar-refractivity contribution in [3.8, 4) is 5.75 Å². The molecule has 4 nitrogen and oxygen atoms in total. The summed E-state index contributed by atoms with van der Waals surface area (Å²) in [6, 6.07) is 7.73. The monoisotopic (exact) mass is 403 g/mol. The summed E-state index contributed by atoms with van der Waals surface area (Å²) in [5.74, 6) is 0.413. The highest BCUT2D eigenvalue weighted by Crippen LogP contribution is 2.20. The number of carbonyl (C=O) groups is 2. The lowest BCUT2D eigenvalue weighted by Crippen LogP contribution is -2.36. The molecule has 0 aliphatic rings. The van der Waals surface area contributed by atoms with Crippen molar-refractivity contribution in [2.45, 2.75) is 91.0 Å². The highest BCUT2D eigenvalue weighted by Gasteiger charge is 2.28. The van der Waals surface area contributed by atoms with Crippen molar-refractivity contribution in [3.05, 3.63) is 29.8 Å². The Morgan fingerprint density at radius 2 is 1.48 bits per heavy atom. The maximum atomic E-state index is 13.1. The molecule has 1 aromatic rings. The molecular formula is C25H41NO3. The number of benzene rings is 1. The lowest BCUT2D eigenvalue weighted by molar-refractivity contribution is -0.141. The van der Waals surface area contributed by atoms with Gasteiger partial charge in [-0.2, -0.15) is 0 Å². The molecule has 0 saturated carbocycles. The topological polar surface area (TPSA) is 46.6 Å². The Morgan fingerprint density at radius 3 is 2.07 bits per heavy atom. The van der Waals surface area contributed by atoms with Crippen LogP contribution in [0.15, 0.2) is 24.3 Å².